The van der Waals surface area contributed by atoms with Gasteiger partial charge in [0, 0.05) is 15.7 Å². The third kappa shape index (κ3) is 7.99. The number of halogens is 2. The number of methoxy groups -OCH3 is 1. The normalized spacial score (nSPS) is 15.7. The number of carbonyl (C=O) groups is 2. The molecule has 0 aliphatic carbocycles. The van der Waals surface area contributed by atoms with Crippen LogP contribution in [0.5, 0.6) is 17.2 Å². The Bertz CT molecular complexity index is 1320. The average Bonchev–Trinajstić information content (AvgIpc) is 2.91. The van der Waals surface area contributed by atoms with E-state index in [9.17, 15) is 14.7 Å². The molecule has 4 N–H and O–H groups in total. The van der Waals surface area contributed by atoms with Crippen LogP contribution in [0.2, 0.25) is 0 Å². The lowest BCUT2D eigenvalue weighted by Crippen LogP contribution is -2.45. The Kier molecular flexibility index (Phi) is 11.4. The van der Waals surface area contributed by atoms with Crippen LogP contribution in [0.3, 0.4) is 0 Å². The van der Waals surface area contributed by atoms with Crippen LogP contribution in [-0.4, -0.2) is 56.5 Å². The van der Waals surface area contributed by atoms with Crippen molar-refractivity contribution in [2.24, 2.45) is 5.10 Å². The minimum Gasteiger partial charge on any atom is -0.490 e. The van der Waals surface area contributed by atoms with Gasteiger partial charge in [-0.3, -0.25) is 5.43 Å². The first-order valence-corrected chi connectivity index (χ1v) is 13.7. The van der Waals surface area contributed by atoms with Crippen LogP contribution in [0.25, 0.3) is 0 Å². The Morgan fingerprint density at radius 2 is 2.00 bits per heavy atom. The molecule has 2 atom stereocenters. The maximum Gasteiger partial charge on any atom is 0.337 e. The molecule has 214 valence electrons. The zero-order valence-corrected chi connectivity index (χ0v) is 25.3. The van der Waals surface area contributed by atoms with Gasteiger partial charge in [-0.1, -0.05) is 34.7 Å². The van der Waals surface area contributed by atoms with Crippen molar-refractivity contribution in [1.29, 1.82) is 0 Å². The average molecular weight is 682 g/mol. The molecule has 0 saturated heterocycles. The second kappa shape index (κ2) is 14.7. The first kappa shape index (κ1) is 31.0. The van der Waals surface area contributed by atoms with E-state index in [4.69, 9.17) is 18.9 Å². The molecule has 1 aliphatic rings. The summed E-state index contributed by atoms with van der Waals surface area (Å²) in [7, 11) is 1.27. The predicted molar refractivity (Wildman–Crippen MR) is 157 cm³/mol. The minimum atomic E-state index is -1.15. The Balaban J connectivity index is 1.72. The van der Waals surface area contributed by atoms with Gasteiger partial charge in [-0.05, 0) is 59.6 Å². The second-order valence-corrected chi connectivity index (χ2v) is 10.1. The smallest absolute Gasteiger partial charge is 0.337 e. The molecule has 2 aromatic carbocycles. The van der Waals surface area contributed by atoms with Crippen LogP contribution >= 0.6 is 31.9 Å². The molecule has 13 heteroatoms. The van der Waals surface area contributed by atoms with E-state index in [1.807, 2.05) is 19.1 Å². The molecule has 3 rings (SSSR count). The maximum atomic E-state index is 12.4. The topological polar surface area (TPSA) is 140 Å². The summed E-state index contributed by atoms with van der Waals surface area (Å²) in [6.45, 7) is 7.59. The van der Waals surface area contributed by atoms with Gasteiger partial charge in [-0.15, -0.1) is 0 Å². The van der Waals surface area contributed by atoms with E-state index in [1.54, 1.807) is 31.2 Å². The highest BCUT2D eigenvalue weighted by Crippen LogP contribution is 2.35. The Morgan fingerprint density at radius 1 is 1.23 bits per heavy atom. The maximum absolute atomic E-state index is 12.4. The highest BCUT2D eigenvalue weighted by Gasteiger charge is 2.32. The zero-order valence-electron chi connectivity index (χ0n) is 22.1. The zero-order chi connectivity index (χ0) is 29.2. The number of urea groups is 1. The molecule has 0 bridgehead atoms. The summed E-state index contributed by atoms with van der Waals surface area (Å²) in [5, 5.41) is 19.8. The summed E-state index contributed by atoms with van der Waals surface area (Å²) in [5.41, 5.74) is 4.53. The van der Waals surface area contributed by atoms with E-state index in [2.05, 4.69) is 59.6 Å². The van der Waals surface area contributed by atoms with Crippen molar-refractivity contribution in [1.82, 2.24) is 16.1 Å². The number of hydrogen-bond donors (Lipinski definition) is 4. The molecule has 0 aromatic heterocycles. The lowest BCUT2D eigenvalue weighted by molar-refractivity contribution is -0.136. The fourth-order valence-corrected chi connectivity index (χ4v) is 5.16. The molecular weight excluding hydrogens is 652 g/mol. The van der Waals surface area contributed by atoms with Crippen LogP contribution in [-0.2, 0) is 9.53 Å². The molecule has 0 saturated carbocycles. The van der Waals surface area contributed by atoms with E-state index in [0.717, 1.165) is 8.95 Å². The number of rotatable bonds is 13. The number of aliphatic hydroxyl groups is 1. The molecule has 2 aromatic rings. The standard InChI is InChI=1S/C27H30Br2N4O7/c1-5-9-39-25-17(10-18(28)12-19(25)29)13-30-33-22(34)14-40-20-8-7-16(11-21(20)38-6-2)24-23(26(35)37-4)15(3)31-27(36)32-24/h5,7-8,10-13,22,24,33-34H,1,6,9,14H2,2-4H3,(H2,31,32,36)/b30-13+/t22-,24-/m1/s1. The molecule has 2 amide bonds. The summed E-state index contributed by atoms with van der Waals surface area (Å²) >= 11 is 6.91. The van der Waals surface area contributed by atoms with Gasteiger partial charge in [-0.2, -0.15) is 5.10 Å². The molecule has 0 fully saturated rings. The Morgan fingerprint density at radius 3 is 2.70 bits per heavy atom. The number of hydrogen-bond acceptors (Lipinski definition) is 9. The van der Waals surface area contributed by atoms with Crippen molar-refractivity contribution in [3.05, 3.63) is 74.3 Å². The van der Waals surface area contributed by atoms with Crippen LogP contribution in [0.4, 0.5) is 4.79 Å². The molecule has 11 nitrogen and oxygen atoms in total. The van der Waals surface area contributed by atoms with Crippen LogP contribution < -0.4 is 30.3 Å². The summed E-state index contributed by atoms with van der Waals surface area (Å²) in [4.78, 5) is 24.5. The quantitative estimate of drug-likeness (QED) is 0.0807. The number of nitrogens with one attached hydrogen (secondary N) is 3. The van der Waals surface area contributed by atoms with E-state index in [-0.39, 0.29) is 12.2 Å². The number of carbonyl (C=O) groups excluding carboxylic acids is 2. The van der Waals surface area contributed by atoms with Crippen molar-refractivity contribution in [2.45, 2.75) is 26.1 Å². The van der Waals surface area contributed by atoms with E-state index in [1.165, 1.54) is 13.3 Å². The largest absolute Gasteiger partial charge is 0.490 e. The summed E-state index contributed by atoms with van der Waals surface area (Å²) in [5.74, 6) is 0.726. The SMILES string of the molecule is C=CCOc1c(Br)cc(Br)cc1/C=N/N[C@H](O)COc1ccc([C@H]2NC(=O)NC(C)=C2C(=O)OC)cc1OCC. The molecule has 1 heterocycles. The molecule has 0 unspecified atom stereocenters. The highest BCUT2D eigenvalue weighted by molar-refractivity contribution is 9.11. The molecule has 0 spiro atoms. The predicted octanol–water partition coefficient (Wildman–Crippen LogP) is 4.30. The fourth-order valence-electron chi connectivity index (χ4n) is 3.79. The van der Waals surface area contributed by atoms with Crippen molar-refractivity contribution >= 4 is 50.1 Å². The van der Waals surface area contributed by atoms with E-state index < -0.39 is 24.3 Å². The Labute approximate surface area is 248 Å². The third-order valence-electron chi connectivity index (χ3n) is 5.48. The lowest BCUT2D eigenvalue weighted by atomic mass is 9.95. The van der Waals surface area contributed by atoms with Gasteiger partial charge < -0.3 is 34.7 Å². The number of aliphatic hydroxyl groups excluding tert-OH is 1. The van der Waals surface area contributed by atoms with Crippen LogP contribution in [0.1, 0.15) is 31.0 Å². The summed E-state index contributed by atoms with van der Waals surface area (Å²) in [6.07, 6.45) is 1.99. The number of benzene rings is 2. The number of allylic oxidation sites excluding steroid dienone is 1. The van der Waals surface area contributed by atoms with Crippen LogP contribution in [0, 0.1) is 0 Å². The van der Waals surface area contributed by atoms with Crippen molar-refractivity contribution in [2.75, 3.05) is 26.9 Å². The van der Waals surface area contributed by atoms with E-state index >= 15 is 0 Å². The summed E-state index contributed by atoms with van der Waals surface area (Å²) in [6, 6.07) is 7.46. The first-order valence-electron chi connectivity index (χ1n) is 12.1. The highest BCUT2D eigenvalue weighted by atomic mass is 79.9. The third-order valence-corrected chi connectivity index (χ3v) is 6.53. The minimum absolute atomic E-state index is 0.157. The lowest BCUT2D eigenvalue weighted by Gasteiger charge is -2.28. The number of amides is 2. The Hall–Kier alpha value is -3.55. The van der Waals surface area contributed by atoms with Gasteiger partial charge >= 0.3 is 12.0 Å². The van der Waals surface area contributed by atoms with Gasteiger partial charge in [-0.25, -0.2) is 9.59 Å². The van der Waals surface area contributed by atoms with Gasteiger partial charge in [0.05, 0.1) is 36.0 Å². The molecule has 1 aliphatic heterocycles. The number of esters is 1. The molecular formula is C27H30Br2N4O7. The molecule has 0 radical (unpaired) electrons. The molecule has 40 heavy (non-hydrogen) atoms. The van der Waals surface area contributed by atoms with Crippen molar-refractivity contribution in [3.8, 4) is 17.2 Å². The monoisotopic (exact) mass is 680 g/mol. The number of hydrazone groups is 1. The van der Waals surface area contributed by atoms with Gasteiger partial charge in [0.25, 0.3) is 0 Å². The van der Waals surface area contributed by atoms with Crippen molar-refractivity contribution in [3.63, 3.8) is 0 Å². The van der Waals surface area contributed by atoms with Gasteiger partial charge in [0.1, 0.15) is 19.0 Å². The van der Waals surface area contributed by atoms with E-state index in [0.29, 0.717) is 47.3 Å². The number of ether oxygens (including phenoxy) is 4. The summed E-state index contributed by atoms with van der Waals surface area (Å²) < 4.78 is 23.7. The van der Waals surface area contributed by atoms with Crippen LogP contribution in [0.15, 0.2) is 68.3 Å². The first-order chi connectivity index (χ1) is 19.2. The number of nitrogens with zero attached hydrogens (tertiary/aromatic N) is 1. The van der Waals surface area contributed by atoms with Gasteiger partial charge in [0.2, 0.25) is 0 Å². The second-order valence-electron chi connectivity index (χ2n) is 8.32. The van der Waals surface area contributed by atoms with Crippen molar-refractivity contribution < 1.29 is 33.6 Å². The van der Waals surface area contributed by atoms with Gasteiger partial charge in [0.15, 0.2) is 17.7 Å². The fraction of sp³-hybridized carbons (Fsp3) is 0.296.